The van der Waals surface area contributed by atoms with Crippen molar-refractivity contribution in [3.8, 4) is 0 Å². The fraction of sp³-hybridized carbons (Fsp3) is 0.450. The molecule has 7 heteroatoms. The van der Waals surface area contributed by atoms with Crippen LogP contribution < -0.4 is 5.32 Å². The summed E-state index contributed by atoms with van der Waals surface area (Å²) in [7, 11) is 0. The molecule has 1 aliphatic rings. The van der Waals surface area contributed by atoms with Gasteiger partial charge in [0.05, 0.1) is 11.7 Å². The number of likely N-dealkylation sites (tertiary alicyclic amines) is 1. The summed E-state index contributed by atoms with van der Waals surface area (Å²) < 4.78 is 18.1. The molecule has 2 aromatic rings. The number of hydrogen-bond acceptors (Lipinski definition) is 4. The molecule has 0 unspecified atom stereocenters. The maximum absolute atomic E-state index is 12.9. The number of halogens is 1. The molecular weight excluding hydrogens is 349 g/mol. The van der Waals surface area contributed by atoms with Crippen molar-refractivity contribution < 1.29 is 18.5 Å². The van der Waals surface area contributed by atoms with Gasteiger partial charge in [0.2, 0.25) is 11.7 Å². The normalized spacial score (nSPS) is 17.0. The molecule has 0 bridgehead atoms. The Hall–Kier alpha value is -2.70. The number of benzene rings is 1. The summed E-state index contributed by atoms with van der Waals surface area (Å²) in [6, 6.07) is 7.65. The highest BCUT2D eigenvalue weighted by Gasteiger charge is 2.31. The number of rotatable bonds is 7. The minimum absolute atomic E-state index is 0.000443. The van der Waals surface area contributed by atoms with Crippen LogP contribution in [0.5, 0.6) is 0 Å². The molecule has 144 valence electrons. The van der Waals surface area contributed by atoms with Crippen molar-refractivity contribution in [1.29, 1.82) is 0 Å². The van der Waals surface area contributed by atoms with E-state index < -0.39 is 0 Å². The molecule has 0 radical (unpaired) electrons. The molecule has 6 nitrogen and oxygen atoms in total. The summed E-state index contributed by atoms with van der Waals surface area (Å²) in [5.74, 6) is -0.0325. The van der Waals surface area contributed by atoms with E-state index in [4.69, 9.17) is 4.52 Å². The number of aromatic nitrogens is 1. The Labute approximate surface area is 157 Å². The first kappa shape index (κ1) is 19.1. The van der Waals surface area contributed by atoms with Crippen LogP contribution in [0.3, 0.4) is 0 Å². The molecule has 2 heterocycles. The third-order valence-electron chi connectivity index (χ3n) is 4.53. The third kappa shape index (κ3) is 5.15. The highest BCUT2D eigenvalue weighted by Crippen LogP contribution is 2.15. The van der Waals surface area contributed by atoms with Crippen molar-refractivity contribution in [2.75, 3.05) is 13.1 Å². The lowest BCUT2D eigenvalue weighted by molar-refractivity contribution is -0.127. The van der Waals surface area contributed by atoms with Crippen LogP contribution in [0.25, 0.3) is 0 Å². The van der Waals surface area contributed by atoms with Gasteiger partial charge in [-0.25, -0.2) is 4.39 Å². The van der Waals surface area contributed by atoms with E-state index >= 15 is 0 Å². The zero-order chi connectivity index (χ0) is 19.4. The van der Waals surface area contributed by atoms with Crippen molar-refractivity contribution in [1.82, 2.24) is 15.4 Å². The second kappa shape index (κ2) is 8.33. The number of carbonyl (C=O) groups is 2. The summed E-state index contributed by atoms with van der Waals surface area (Å²) in [5.41, 5.74) is 1.72. The van der Waals surface area contributed by atoms with Gasteiger partial charge in [-0.1, -0.05) is 31.1 Å². The van der Waals surface area contributed by atoms with E-state index in [2.05, 4.69) is 24.3 Å². The van der Waals surface area contributed by atoms with Crippen LogP contribution in [-0.2, 0) is 17.6 Å². The summed E-state index contributed by atoms with van der Waals surface area (Å²) in [6.07, 6.45) is 1.66. The van der Waals surface area contributed by atoms with Crippen LogP contribution in [0.2, 0.25) is 0 Å². The van der Waals surface area contributed by atoms with Crippen LogP contribution in [0, 0.1) is 11.7 Å². The topological polar surface area (TPSA) is 75.4 Å². The van der Waals surface area contributed by atoms with E-state index in [9.17, 15) is 14.0 Å². The molecule has 1 atom stereocenters. The summed E-state index contributed by atoms with van der Waals surface area (Å²) in [4.78, 5) is 26.2. The van der Waals surface area contributed by atoms with Crippen LogP contribution in [0.15, 0.2) is 34.9 Å². The minimum Gasteiger partial charge on any atom is -0.351 e. The summed E-state index contributed by atoms with van der Waals surface area (Å²) >= 11 is 0. The number of amides is 2. The quantitative estimate of drug-likeness (QED) is 0.809. The molecule has 1 N–H and O–H groups in total. The van der Waals surface area contributed by atoms with Crippen molar-refractivity contribution >= 4 is 11.8 Å². The molecule has 1 aliphatic heterocycles. The Morgan fingerprint density at radius 1 is 1.37 bits per heavy atom. The smallest absolute Gasteiger partial charge is 0.290 e. The molecule has 1 fully saturated rings. The van der Waals surface area contributed by atoms with Gasteiger partial charge in [0.1, 0.15) is 5.82 Å². The Kier molecular flexibility index (Phi) is 5.88. The van der Waals surface area contributed by atoms with Gasteiger partial charge >= 0.3 is 0 Å². The van der Waals surface area contributed by atoms with Crippen molar-refractivity contribution in [3.63, 3.8) is 0 Å². The standard InChI is InChI=1S/C20H24FN3O3/c1-13(2)9-16-10-18(27-23-16)20(26)22-17-11-19(25)24(12-17)8-7-14-3-5-15(21)6-4-14/h3-6,10,13,17H,7-9,11-12H2,1-2H3,(H,22,26)/t17-/m1/s1. The van der Waals surface area contributed by atoms with Crippen LogP contribution >= 0.6 is 0 Å². The van der Waals surface area contributed by atoms with Gasteiger partial charge in [-0.3, -0.25) is 9.59 Å². The van der Waals surface area contributed by atoms with Crippen LogP contribution in [-0.4, -0.2) is 41.0 Å². The fourth-order valence-electron chi connectivity index (χ4n) is 3.19. The first-order valence-electron chi connectivity index (χ1n) is 9.19. The SMILES string of the molecule is CC(C)Cc1cc(C(=O)N[C@@H]2CC(=O)N(CCc3ccc(F)cc3)C2)on1. The third-order valence-corrected chi connectivity index (χ3v) is 4.53. The summed E-state index contributed by atoms with van der Waals surface area (Å²) in [6.45, 7) is 5.13. The van der Waals surface area contributed by atoms with Gasteiger partial charge < -0.3 is 14.7 Å². The highest BCUT2D eigenvalue weighted by atomic mass is 19.1. The Balaban J connectivity index is 1.50. The zero-order valence-electron chi connectivity index (χ0n) is 15.6. The largest absolute Gasteiger partial charge is 0.351 e. The molecule has 0 saturated carbocycles. The maximum atomic E-state index is 12.9. The van der Waals surface area contributed by atoms with E-state index in [1.54, 1.807) is 23.1 Å². The molecule has 2 amide bonds. The second-order valence-corrected chi connectivity index (χ2v) is 7.37. The maximum Gasteiger partial charge on any atom is 0.290 e. The number of nitrogens with one attached hydrogen (secondary N) is 1. The fourth-order valence-corrected chi connectivity index (χ4v) is 3.19. The Morgan fingerprint density at radius 3 is 2.81 bits per heavy atom. The van der Waals surface area contributed by atoms with Gasteiger partial charge in [-0.05, 0) is 36.5 Å². The molecule has 27 heavy (non-hydrogen) atoms. The highest BCUT2D eigenvalue weighted by molar-refractivity contribution is 5.92. The second-order valence-electron chi connectivity index (χ2n) is 7.37. The first-order valence-corrected chi connectivity index (χ1v) is 9.19. The van der Waals surface area contributed by atoms with Crippen molar-refractivity contribution in [3.05, 3.63) is 53.2 Å². The molecule has 0 spiro atoms. The average Bonchev–Trinajstić information content (AvgIpc) is 3.20. The predicted octanol–water partition coefficient (Wildman–Crippen LogP) is 2.59. The zero-order valence-corrected chi connectivity index (χ0v) is 15.6. The number of nitrogens with zero attached hydrogens (tertiary/aromatic N) is 2. The van der Waals surface area contributed by atoms with Gasteiger partial charge in [0.15, 0.2) is 0 Å². The predicted molar refractivity (Wildman–Crippen MR) is 97.6 cm³/mol. The van der Waals surface area contributed by atoms with Crippen LogP contribution in [0.1, 0.15) is 42.1 Å². The monoisotopic (exact) mass is 373 g/mol. The lowest BCUT2D eigenvalue weighted by Crippen LogP contribution is -2.37. The lowest BCUT2D eigenvalue weighted by Gasteiger charge is -2.16. The average molecular weight is 373 g/mol. The van der Waals surface area contributed by atoms with Crippen LogP contribution in [0.4, 0.5) is 4.39 Å². The van der Waals surface area contributed by atoms with E-state index in [-0.39, 0.29) is 35.9 Å². The van der Waals surface area contributed by atoms with Crippen molar-refractivity contribution in [2.45, 2.75) is 39.2 Å². The number of hydrogen-bond donors (Lipinski definition) is 1. The van der Waals surface area contributed by atoms with Gasteiger partial charge in [0, 0.05) is 25.6 Å². The molecule has 0 aliphatic carbocycles. The van der Waals surface area contributed by atoms with Gasteiger partial charge in [0.25, 0.3) is 5.91 Å². The summed E-state index contributed by atoms with van der Waals surface area (Å²) in [5, 5.41) is 6.75. The van der Waals surface area contributed by atoms with E-state index in [1.807, 2.05) is 0 Å². The number of carbonyl (C=O) groups excluding carboxylic acids is 2. The van der Waals surface area contributed by atoms with Gasteiger partial charge in [-0.2, -0.15) is 0 Å². The Bertz CT molecular complexity index is 801. The van der Waals surface area contributed by atoms with Crippen molar-refractivity contribution in [2.24, 2.45) is 5.92 Å². The van der Waals surface area contributed by atoms with E-state index in [0.717, 1.165) is 17.7 Å². The lowest BCUT2D eigenvalue weighted by atomic mass is 10.1. The minimum atomic E-state index is -0.351. The first-order chi connectivity index (χ1) is 12.9. The molecular formula is C20H24FN3O3. The molecule has 1 aromatic heterocycles. The molecule has 1 saturated heterocycles. The Morgan fingerprint density at radius 2 is 2.11 bits per heavy atom. The molecule has 1 aromatic carbocycles. The van der Waals surface area contributed by atoms with E-state index in [1.165, 1.54) is 12.1 Å². The van der Waals surface area contributed by atoms with E-state index in [0.29, 0.717) is 25.4 Å². The van der Waals surface area contributed by atoms with Gasteiger partial charge in [-0.15, -0.1) is 0 Å². The molecule has 3 rings (SSSR count).